The first-order valence-corrected chi connectivity index (χ1v) is 7.40. The van der Waals surface area contributed by atoms with Crippen molar-refractivity contribution in [1.29, 1.82) is 0 Å². The van der Waals surface area contributed by atoms with Crippen molar-refractivity contribution < 1.29 is 22.4 Å². The highest BCUT2D eigenvalue weighted by atomic mass is 19.4. The second-order valence-electron chi connectivity index (χ2n) is 5.45. The summed E-state index contributed by atoms with van der Waals surface area (Å²) < 4.78 is 54.6. The maximum Gasteiger partial charge on any atom is 0.416 e. The number of fused-ring (bicyclic) bond motifs is 1. The van der Waals surface area contributed by atoms with Gasteiger partial charge in [-0.3, -0.25) is 18.6 Å². The number of carbonyl (C=O) groups is 1. The Hall–Kier alpha value is -3.17. The van der Waals surface area contributed by atoms with Crippen molar-refractivity contribution in [1.82, 2.24) is 19.3 Å². The summed E-state index contributed by atoms with van der Waals surface area (Å²) >= 11 is 0. The largest absolute Gasteiger partial charge is 0.416 e. The van der Waals surface area contributed by atoms with E-state index in [0.29, 0.717) is 6.07 Å². The minimum absolute atomic E-state index is 0.227. The molecular weight excluding hydrogens is 356 g/mol. The van der Waals surface area contributed by atoms with Gasteiger partial charge in [0.2, 0.25) is 11.7 Å². The third-order valence-electron chi connectivity index (χ3n) is 3.69. The van der Waals surface area contributed by atoms with Gasteiger partial charge in [-0.25, -0.2) is 9.37 Å². The highest BCUT2D eigenvalue weighted by Gasteiger charge is 2.33. The number of carbonyl (C=O) groups excluding carboxylic acids is 1. The average Bonchev–Trinajstić information content (AvgIpc) is 3.04. The Morgan fingerprint density at radius 2 is 1.96 bits per heavy atom. The summed E-state index contributed by atoms with van der Waals surface area (Å²) in [5.74, 6) is -1.48. The molecule has 0 aliphatic heterocycles. The van der Waals surface area contributed by atoms with Crippen LogP contribution >= 0.6 is 0 Å². The summed E-state index contributed by atoms with van der Waals surface area (Å²) in [5.41, 5.74) is -1.92. The number of imidazole rings is 1. The molecule has 0 atom stereocenters. The maximum atomic E-state index is 13.1. The summed E-state index contributed by atoms with van der Waals surface area (Å²) in [6.07, 6.45) is -0.248. The van der Waals surface area contributed by atoms with E-state index >= 15 is 0 Å². The molecule has 1 N–H and O–H groups in total. The van der Waals surface area contributed by atoms with Crippen LogP contribution in [0.1, 0.15) is 11.1 Å². The molecule has 3 rings (SSSR count). The fourth-order valence-corrected chi connectivity index (χ4v) is 2.47. The van der Waals surface area contributed by atoms with Gasteiger partial charge in [0, 0.05) is 31.2 Å². The van der Waals surface area contributed by atoms with Gasteiger partial charge in [-0.1, -0.05) is 6.07 Å². The third-order valence-corrected chi connectivity index (χ3v) is 3.69. The number of nitrogens with one attached hydrogen (secondary N) is 1. The highest BCUT2D eigenvalue weighted by Crippen LogP contribution is 2.32. The van der Waals surface area contributed by atoms with Crippen LogP contribution < -0.4 is 10.9 Å². The molecule has 2 heterocycles. The molecule has 0 unspecified atom stereocenters. The monoisotopic (exact) mass is 368 g/mol. The second-order valence-corrected chi connectivity index (χ2v) is 5.45. The Morgan fingerprint density at radius 1 is 1.19 bits per heavy atom. The van der Waals surface area contributed by atoms with Gasteiger partial charge in [-0.05, 0) is 17.7 Å². The van der Waals surface area contributed by atoms with Crippen molar-refractivity contribution in [3.8, 4) is 0 Å². The molecule has 2 aromatic heterocycles. The Labute approximate surface area is 143 Å². The van der Waals surface area contributed by atoms with Gasteiger partial charge in [-0.15, -0.1) is 0 Å². The molecule has 3 aromatic rings. The van der Waals surface area contributed by atoms with E-state index in [1.807, 2.05) is 0 Å². The molecule has 6 nitrogen and oxygen atoms in total. The molecule has 0 aliphatic carbocycles. The minimum atomic E-state index is -4.75. The summed E-state index contributed by atoms with van der Waals surface area (Å²) in [5, 5.41) is 2.31. The Morgan fingerprint density at radius 3 is 2.69 bits per heavy atom. The SMILES string of the molecule is O=C(Cn1c(=O)ccn2ccnc12)NCc1ccc(F)cc1C(F)(F)F. The van der Waals surface area contributed by atoms with E-state index in [1.165, 1.54) is 22.9 Å². The topological polar surface area (TPSA) is 68.4 Å². The zero-order chi connectivity index (χ0) is 18.9. The van der Waals surface area contributed by atoms with Gasteiger partial charge in [0.15, 0.2) is 0 Å². The maximum absolute atomic E-state index is 13.1. The van der Waals surface area contributed by atoms with Crippen LogP contribution in [0.3, 0.4) is 0 Å². The molecule has 0 saturated carbocycles. The molecule has 0 aliphatic rings. The van der Waals surface area contributed by atoms with E-state index in [1.54, 1.807) is 6.20 Å². The number of benzene rings is 1. The fourth-order valence-electron chi connectivity index (χ4n) is 2.47. The average molecular weight is 368 g/mol. The number of amides is 1. The lowest BCUT2D eigenvalue weighted by molar-refractivity contribution is -0.138. The van der Waals surface area contributed by atoms with Gasteiger partial charge in [0.25, 0.3) is 5.56 Å². The summed E-state index contributed by atoms with van der Waals surface area (Å²) in [4.78, 5) is 27.9. The normalized spacial score (nSPS) is 11.7. The summed E-state index contributed by atoms with van der Waals surface area (Å²) in [6, 6.07) is 3.45. The van der Waals surface area contributed by atoms with E-state index < -0.39 is 42.1 Å². The number of aromatic nitrogens is 3. The number of hydrogen-bond donors (Lipinski definition) is 1. The molecule has 0 bridgehead atoms. The van der Waals surface area contributed by atoms with Crippen LogP contribution in [0.15, 0.2) is 47.7 Å². The smallest absolute Gasteiger partial charge is 0.350 e. The van der Waals surface area contributed by atoms with E-state index in [4.69, 9.17) is 0 Å². The van der Waals surface area contributed by atoms with Gasteiger partial charge in [0.05, 0.1) is 5.56 Å². The number of hydrogen-bond acceptors (Lipinski definition) is 3. The van der Waals surface area contributed by atoms with E-state index in [9.17, 15) is 27.2 Å². The van der Waals surface area contributed by atoms with Crippen molar-refractivity contribution in [3.05, 3.63) is 70.2 Å². The van der Waals surface area contributed by atoms with Crippen LogP contribution in [-0.2, 0) is 24.1 Å². The lowest BCUT2D eigenvalue weighted by Gasteiger charge is -2.14. The number of halogens is 4. The zero-order valence-corrected chi connectivity index (χ0v) is 13.1. The van der Waals surface area contributed by atoms with Crippen LogP contribution in [0.25, 0.3) is 5.78 Å². The molecule has 10 heteroatoms. The standard InChI is InChI=1S/C16H12F4N4O2/c17-11-2-1-10(12(7-11)16(18,19)20)8-22-13(25)9-24-14(26)3-5-23-6-4-21-15(23)24/h1-7H,8-9H2,(H,22,25). The first kappa shape index (κ1) is 17.6. The van der Waals surface area contributed by atoms with Crippen LogP contribution in [-0.4, -0.2) is 19.9 Å². The molecule has 0 radical (unpaired) electrons. The Kier molecular flexibility index (Phi) is 4.49. The van der Waals surface area contributed by atoms with Crippen LogP contribution in [0.4, 0.5) is 17.6 Å². The molecule has 0 saturated heterocycles. The molecule has 1 amide bonds. The quantitative estimate of drug-likeness (QED) is 0.716. The van der Waals surface area contributed by atoms with Gasteiger partial charge in [-0.2, -0.15) is 13.2 Å². The lowest BCUT2D eigenvalue weighted by atomic mass is 10.1. The Balaban J connectivity index is 1.77. The molecule has 136 valence electrons. The van der Waals surface area contributed by atoms with Gasteiger partial charge < -0.3 is 5.32 Å². The highest BCUT2D eigenvalue weighted by molar-refractivity contribution is 5.76. The minimum Gasteiger partial charge on any atom is -0.350 e. The summed E-state index contributed by atoms with van der Waals surface area (Å²) in [6.45, 7) is -0.872. The second kappa shape index (κ2) is 6.62. The van der Waals surface area contributed by atoms with Crippen LogP contribution in [0, 0.1) is 5.82 Å². The van der Waals surface area contributed by atoms with Crippen LogP contribution in [0.5, 0.6) is 0 Å². The fraction of sp³-hybridized carbons (Fsp3) is 0.188. The van der Waals surface area contributed by atoms with E-state index in [2.05, 4.69) is 10.3 Å². The number of alkyl halides is 3. The zero-order valence-electron chi connectivity index (χ0n) is 13.1. The molecule has 1 aromatic carbocycles. The van der Waals surface area contributed by atoms with E-state index in [-0.39, 0.29) is 11.3 Å². The predicted octanol–water partition coefficient (Wildman–Crippen LogP) is 1.97. The summed E-state index contributed by atoms with van der Waals surface area (Å²) in [7, 11) is 0. The molecule has 0 spiro atoms. The third kappa shape index (κ3) is 3.58. The van der Waals surface area contributed by atoms with Crippen molar-refractivity contribution >= 4 is 11.7 Å². The Bertz CT molecular complexity index is 1020. The van der Waals surface area contributed by atoms with Gasteiger partial charge in [0.1, 0.15) is 12.4 Å². The number of rotatable bonds is 4. The first-order valence-electron chi connectivity index (χ1n) is 7.40. The first-order chi connectivity index (χ1) is 12.3. The van der Waals surface area contributed by atoms with Crippen molar-refractivity contribution in [2.24, 2.45) is 0 Å². The van der Waals surface area contributed by atoms with Crippen molar-refractivity contribution in [2.45, 2.75) is 19.3 Å². The van der Waals surface area contributed by atoms with Crippen molar-refractivity contribution in [3.63, 3.8) is 0 Å². The lowest BCUT2D eigenvalue weighted by Crippen LogP contribution is -2.33. The van der Waals surface area contributed by atoms with Crippen LogP contribution in [0.2, 0.25) is 0 Å². The molecule has 0 fully saturated rings. The molecular formula is C16H12F4N4O2. The number of nitrogens with zero attached hydrogens (tertiary/aromatic N) is 3. The predicted molar refractivity (Wildman–Crippen MR) is 82.7 cm³/mol. The van der Waals surface area contributed by atoms with Crippen molar-refractivity contribution in [2.75, 3.05) is 0 Å². The van der Waals surface area contributed by atoms with Gasteiger partial charge >= 0.3 is 6.18 Å². The van der Waals surface area contributed by atoms with E-state index in [0.717, 1.165) is 16.7 Å². The molecule has 26 heavy (non-hydrogen) atoms.